The van der Waals surface area contributed by atoms with Crippen molar-refractivity contribution in [2.75, 3.05) is 6.61 Å². The number of aryl methyl sites for hydroxylation is 2. The lowest BCUT2D eigenvalue weighted by atomic mass is 9.70. The third kappa shape index (κ3) is 3.26. The molecule has 2 bridgehead atoms. The number of benzene rings is 1. The summed E-state index contributed by atoms with van der Waals surface area (Å²) in [6.07, 6.45) is 3.22. The van der Waals surface area contributed by atoms with Crippen molar-refractivity contribution in [3.05, 3.63) is 35.2 Å². The van der Waals surface area contributed by atoms with Gasteiger partial charge in [-0.15, -0.1) is 0 Å². The lowest BCUT2D eigenvalue weighted by molar-refractivity contribution is -0.124. The summed E-state index contributed by atoms with van der Waals surface area (Å²) in [7, 11) is 0. The van der Waals surface area contributed by atoms with E-state index in [1.54, 1.807) is 18.2 Å². The second kappa shape index (κ2) is 7.15. The van der Waals surface area contributed by atoms with E-state index in [1.807, 2.05) is 13.8 Å². The summed E-state index contributed by atoms with van der Waals surface area (Å²) in [5, 5.41) is 4.39. The highest BCUT2D eigenvalue weighted by Crippen LogP contribution is 2.63. The second-order valence-electron chi connectivity index (χ2n) is 9.26. The summed E-state index contributed by atoms with van der Waals surface area (Å²) in [6.45, 7) is 10.2. The molecule has 0 spiro atoms. The van der Waals surface area contributed by atoms with Gasteiger partial charge >= 0.3 is 5.97 Å². The molecular formula is C23H28N4O3. The summed E-state index contributed by atoms with van der Waals surface area (Å²) in [5.41, 5.74) is 7.16. The fraction of sp³-hybridized carbons (Fsp3) is 0.522. The molecule has 7 nitrogen and oxygen atoms in total. The fourth-order valence-corrected chi connectivity index (χ4v) is 4.83. The number of ether oxygens (including phenoxy) is 1. The van der Waals surface area contributed by atoms with E-state index in [0.29, 0.717) is 22.5 Å². The molecule has 4 rings (SSSR count). The Kier molecular flexibility index (Phi) is 4.87. The van der Waals surface area contributed by atoms with E-state index in [4.69, 9.17) is 4.74 Å². The van der Waals surface area contributed by atoms with Crippen molar-refractivity contribution in [1.29, 1.82) is 0 Å². The summed E-state index contributed by atoms with van der Waals surface area (Å²) in [5.74, 6) is -0.403. The first-order valence-electron chi connectivity index (χ1n) is 10.4. The molecule has 2 aromatic rings. The van der Waals surface area contributed by atoms with Crippen molar-refractivity contribution >= 4 is 28.6 Å². The van der Waals surface area contributed by atoms with Gasteiger partial charge in [0.2, 0.25) is 0 Å². The van der Waals surface area contributed by atoms with Crippen molar-refractivity contribution in [1.82, 2.24) is 15.4 Å². The Bertz CT molecular complexity index is 1080. The van der Waals surface area contributed by atoms with Crippen LogP contribution in [0.2, 0.25) is 0 Å². The number of nitrogens with one attached hydrogen (secondary N) is 1. The minimum absolute atomic E-state index is 0.0181. The third-order valence-corrected chi connectivity index (χ3v) is 7.47. The summed E-state index contributed by atoms with van der Waals surface area (Å²) in [6, 6.07) is 4.99. The van der Waals surface area contributed by atoms with Gasteiger partial charge in [-0.25, -0.2) is 20.2 Å². The normalized spacial score (nSPS) is 25.6. The maximum absolute atomic E-state index is 12.4. The highest BCUT2D eigenvalue weighted by molar-refractivity contribution is 5.96. The molecule has 0 aliphatic heterocycles. The molecule has 2 fully saturated rings. The molecular weight excluding hydrogens is 380 g/mol. The average molecular weight is 409 g/mol. The molecule has 1 amide bonds. The highest BCUT2D eigenvalue weighted by atomic mass is 16.5. The first kappa shape index (κ1) is 20.4. The molecule has 1 aromatic carbocycles. The standard InChI is InChI=1S/C23H28N4O3/c1-13-14(2)25-18-10-15(6-7-17(18)24-13)21(29)30-12-20(28)27-26-19-11-16-8-9-23(19,5)22(16,3)4/h6-7,10,16H,8-9,11-12H2,1-5H3,(H,27,28)/b26-19+. The van der Waals surface area contributed by atoms with Gasteiger partial charge in [0.15, 0.2) is 6.61 Å². The monoisotopic (exact) mass is 408 g/mol. The predicted octanol–water partition coefficient (Wildman–Crippen LogP) is 3.72. The van der Waals surface area contributed by atoms with Gasteiger partial charge in [-0.3, -0.25) is 4.79 Å². The molecule has 2 aliphatic carbocycles. The van der Waals surface area contributed by atoms with Crippen molar-refractivity contribution in [2.24, 2.45) is 21.8 Å². The van der Waals surface area contributed by atoms with Crippen molar-refractivity contribution in [3.63, 3.8) is 0 Å². The topological polar surface area (TPSA) is 93.5 Å². The first-order valence-corrected chi connectivity index (χ1v) is 10.4. The van der Waals surface area contributed by atoms with Crippen LogP contribution in [0.15, 0.2) is 23.3 Å². The number of amides is 1. The van der Waals surface area contributed by atoms with Crippen molar-refractivity contribution < 1.29 is 14.3 Å². The van der Waals surface area contributed by atoms with E-state index >= 15 is 0 Å². The van der Waals surface area contributed by atoms with Gasteiger partial charge < -0.3 is 4.74 Å². The minimum atomic E-state index is -0.576. The lowest BCUT2D eigenvalue weighted by Crippen LogP contribution is -2.34. The van der Waals surface area contributed by atoms with Gasteiger partial charge in [0, 0.05) is 11.1 Å². The zero-order valence-corrected chi connectivity index (χ0v) is 18.2. The number of carbonyl (C=O) groups is 2. The second-order valence-corrected chi connectivity index (χ2v) is 9.26. The zero-order valence-electron chi connectivity index (χ0n) is 18.2. The molecule has 1 N–H and O–H groups in total. The van der Waals surface area contributed by atoms with Crippen LogP contribution in [0.4, 0.5) is 0 Å². The van der Waals surface area contributed by atoms with E-state index in [0.717, 1.165) is 29.9 Å². The molecule has 0 saturated heterocycles. The largest absolute Gasteiger partial charge is 0.452 e. The molecule has 2 atom stereocenters. The first-order chi connectivity index (χ1) is 14.1. The number of rotatable bonds is 4. The molecule has 2 unspecified atom stereocenters. The summed E-state index contributed by atoms with van der Waals surface area (Å²) < 4.78 is 5.17. The van der Waals surface area contributed by atoms with Gasteiger partial charge in [-0.1, -0.05) is 20.8 Å². The summed E-state index contributed by atoms with van der Waals surface area (Å²) in [4.78, 5) is 33.5. The van der Waals surface area contributed by atoms with Crippen LogP contribution in [0.1, 0.15) is 61.8 Å². The lowest BCUT2D eigenvalue weighted by Gasteiger charge is -2.34. The van der Waals surface area contributed by atoms with E-state index in [-0.39, 0.29) is 17.4 Å². The molecule has 7 heteroatoms. The Balaban J connectivity index is 1.37. The van der Waals surface area contributed by atoms with Gasteiger partial charge in [0.05, 0.1) is 28.0 Å². The van der Waals surface area contributed by atoms with Crippen LogP contribution < -0.4 is 5.43 Å². The number of fused-ring (bicyclic) bond motifs is 3. The van der Waals surface area contributed by atoms with Crippen molar-refractivity contribution in [2.45, 2.75) is 53.9 Å². The van der Waals surface area contributed by atoms with E-state index in [1.165, 1.54) is 6.42 Å². The summed E-state index contributed by atoms with van der Waals surface area (Å²) >= 11 is 0. The van der Waals surface area contributed by atoms with E-state index < -0.39 is 11.9 Å². The zero-order chi connectivity index (χ0) is 21.7. The van der Waals surface area contributed by atoms with Crippen LogP contribution in [-0.4, -0.2) is 34.2 Å². The molecule has 1 aromatic heterocycles. The molecule has 2 aliphatic rings. The SMILES string of the molecule is Cc1nc2ccc(C(=O)OCC(=O)N/N=C3\CC4CCC3(C)C4(C)C)cc2nc1C. The number of hydrazone groups is 1. The molecule has 158 valence electrons. The van der Waals surface area contributed by atoms with E-state index in [9.17, 15) is 9.59 Å². The number of nitrogens with zero attached hydrogens (tertiary/aromatic N) is 3. The Morgan fingerprint density at radius 2 is 1.87 bits per heavy atom. The van der Waals surface area contributed by atoms with Crippen LogP contribution in [0, 0.1) is 30.6 Å². The Hall–Kier alpha value is -2.83. The van der Waals surface area contributed by atoms with Crippen LogP contribution in [0.3, 0.4) is 0 Å². The van der Waals surface area contributed by atoms with Gasteiger partial charge in [0.1, 0.15) is 0 Å². The van der Waals surface area contributed by atoms with Gasteiger partial charge in [-0.2, -0.15) is 5.10 Å². The van der Waals surface area contributed by atoms with Crippen LogP contribution >= 0.6 is 0 Å². The van der Waals surface area contributed by atoms with Gasteiger partial charge in [-0.05, 0) is 62.6 Å². The van der Waals surface area contributed by atoms with E-state index in [2.05, 4.69) is 41.3 Å². The number of carbonyl (C=O) groups excluding carboxylic acids is 2. The molecule has 0 radical (unpaired) electrons. The fourth-order valence-electron chi connectivity index (χ4n) is 4.83. The Labute approximate surface area is 176 Å². The smallest absolute Gasteiger partial charge is 0.338 e. The number of hydrogen-bond donors (Lipinski definition) is 1. The maximum Gasteiger partial charge on any atom is 0.338 e. The number of aromatic nitrogens is 2. The Morgan fingerprint density at radius 3 is 2.50 bits per heavy atom. The molecule has 2 saturated carbocycles. The molecule has 30 heavy (non-hydrogen) atoms. The van der Waals surface area contributed by atoms with Gasteiger partial charge in [0.25, 0.3) is 5.91 Å². The average Bonchev–Trinajstić information content (AvgIpc) is 3.04. The number of hydrogen-bond acceptors (Lipinski definition) is 6. The molecule has 1 heterocycles. The number of esters is 1. The predicted molar refractivity (Wildman–Crippen MR) is 114 cm³/mol. The quantitative estimate of drug-likeness (QED) is 0.615. The maximum atomic E-state index is 12.4. The Morgan fingerprint density at radius 1 is 1.17 bits per heavy atom. The van der Waals surface area contributed by atoms with Crippen LogP contribution in [0.5, 0.6) is 0 Å². The highest BCUT2D eigenvalue weighted by Gasteiger charge is 2.60. The van der Waals surface area contributed by atoms with Crippen molar-refractivity contribution in [3.8, 4) is 0 Å². The minimum Gasteiger partial charge on any atom is -0.452 e. The van der Waals surface area contributed by atoms with Crippen LogP contribution in [-0.2, 0) is 9.53 Å². The van der Waals surface area contributed by atoms with Crippen LogP contribution in [0.25, 0.3) is 11.0 Å². The third-order valence-electron chi connectivity index (χ3n) is 7.47.